The molecular weight excluding hydrogens is 518 g/mol. The largest absolute Gasteiger partial charge is 0.496 e. The van der Waals surface area contributed by atoms with Crippen LogP contribution in [-0.2, 0) is 4.79 Å². The third kappa shape index (κ3) is 5.09. The van der Waals surface area contributed by atoms with Gasteiger partial charge in [-0.05, 0) is 86.2 Å². The monoisotopic (exact) mass is 551 g/mol. The van der Waals surface area contributed by atoms with Crippen molar-refractivity contribution in [1.82, 2.24) is 9.47 Å². The molecule has 200 valence electrons. The molecule has 1 aliphatic heterocycles. The molecule has 0 N–H and O–H groups in total. The van der Waals surface area contributed by atoms with Crippen LogP contribution in [0, 0.1) is 6.92 Å². The van der Waals surface area contributed by atoms with Gasteiger partial charge in [0.25, 0.3) is 11.5 Å². The van der Waals surface area contributed by atoms with Crippen molar-refractivity contribution in [1.29, 1.82) is 0 Å². The predicted octanol–water partition coefficient (Wildman–Crippen LogP) is 5.20. The first-order valence-electron chi connectivity index (χ1n) is 12.9. The van der Waals surface area contributed by atoms with Crippen LogP contribution >= 0.6 is 22.9 Å². The molecule has 4 rings (SSSR count). The Morgan fingerprint density at radius 2 is 1.84 bits per heavy atom. The van der Waals surface area contributed by atoms with Crippen LogP contribution in [0.1, 0.15) is 68.8 Å². The molecule has 3 aromatic rings. The van der Waals surface area contributed by atoms with E-state index in [1.54, 1.807) is 28.7 Å². The average molecular weight is 552 g/mol. The Morgan fingerprint density at radius 3 is 2.42 bits per heavy atom. The van der Waals surface area contributed by atoms with E-state index in [-0.39, 0.29) is 17.4 Å². The maximum Gasteiger partial charge on any atom is 0.271 e. The first-order valence-corrected chi connectivity index (χ1v) is 14.1. The zero-order chi connectivity index (χ0) is 27.7. The van der Waals surface area contributed by atoms with Crippen LogP contribution in [0.3, 0.4) is 0 Å². The van der Waals surface area contributed by atoms with E-state index in [1.807, 2.05) is 52.0 Å². The van der Waals surface area contributed by atoms with Gasteiger partial charge in [-0.3, -0.25) is 14.2 Å². The van der Waals surface area contributed by atoms with Gasteiger partial charge in [0.15, 0.2) is 4.80 Å². The number of hydrogen-bond donors (Lipinski definition) is 0. The molecule has 2 heterocycles. The molecule has 0 aliphatic carbocycles. The Morgan fingerprint density at radius 1 is 1.18 bits per heavy atom. The summed E-state index contributed by atoms with van der Waals surface area (Å²) in [5.74, 6) is 0.993. The number of aromatic nitrogens is 1. The number of likely N-dealkylation sites (N-methyl/N-ethyl adjacent to an activating group) is 1. The summed E-state index contributed by atoms with van der Waals surface area (Å²) < 4.78 is 7.82. The Kier molecular flexibility index (Phi) is 8.28. The average Bonchev–Trinajstić information content (AvgIpc) is 3.19. The quantitative estimate of drug-likeness (QED) is 0.405. The topological polar surface area (TPSA) is 63.9 Å². The van der Waals surface area contributed by atoms with Crippen LogP contribution in [0.5, 0.6) is 5.75 Å². The van der Waals surface area contributed by atoms with Crippen LogP contribution in [0.2, 0.25) is 5.02 Å². The molecule has 1 aromatic heterocycles. The first kappa shape index (κ1) is 27.9. The summed E-state index contributed by atoms with van der Waals surface area (Å²) in [5.41, 5.74) is 4.83. The van der Waals surface area contributed by atoms with Gasteiger partial charge in [-0.15, -0.1) is 0 Å². The molecule has 0 bridgehead atoms. The van der Waals surface area contributed by atoms with Gasteiger partial charge < -0.3 is 9.64 Å². The molecule has 0 fully saturated rings. The number of fused-ring (bicyclic) bond motifs is 1. The van der Waals surface area contributed by atoms with Crippen molar-refractivity contribution in [2.24, 2.45) is 4.99 Å². The van der Waals surface area contributed by atoms with Gasteiger partial charge in [0.2, 0.25) is 0 Å². The lowest BCUT2D eigenvalue weighted by atomic mass is 9.94. The number of halogens is 1. The van der Waals surface area contributed by atoms with Crippen molar-refractivity contribution in [3.05, 3.63) is 94.6 Å². The summed E-state index contributed by atoms with van der Waals surface area (Å²) in [7, 11) is 1.68. The number of rotatable bonds is 7. The van der Waals surface area contributed by atoms with Crippen LogP contribution < -0.4 is 19.6 Å². The van der Waals surface area contributed by atoms with Crippen molar-refractivity contribution >= 4 is 34.9 Å². The molecule has 0 saturated heterocycles. The molecule has 1 amide bonds. The lowest BCUT2D eigenvalue weighted by Crippen LogP contribution is -2.43. The van der Waals surface area contributed by atoms with Crippen molar-refractivity contribution in [3.63, 3.8) is 0 Å². The number of thiazole rings is 1. The van der Waals surface area contributed by atoms with E-state index in [1.165, 1.54) is 11.3 Å². The number of ether oxygens (including phenoxy) is 1. The SMILES string of the molecule is CCN(CC)C(=O)C1=C(C)N=c2s/c(=C/c3cc(C(C)C)c(OC)cc3C)c(=O)n2[C@H]1c1ccc(Cl)cc1. The van der Waals surface area contributed by atoms with Crippen LogP contribution in [0.15, 0.2) is 57.5 Å². The first-order chi connectivity index (χ1) is 18.1. The molecule has 8 heteroatoms. The summed E-state index contributed by atoms with van der Waals surface area (Å²) in [6.07, 6.45) is 1.93. The van der Waals surface area contributed by atoms with Crippen molar-refractivity contribution in [2.45, 2.75) is 53.5 Å². The Hall–Kier alpha value is -3.16. The minimum Gasteiger partial charge on any atom is -0.496 e. The molecule has 38 heavy (non-hydrogen) atoms. The molecule has 0 unspecified atom stereocenters. The second-order valence-electron chi connectivity index (χ2n) is 9.72. The second-order valence-corrected chi connectivity index (χ2v) is 11.2. The molecule has 6 nitrogen and oxygen atoms in total. The highest BCUT2D eigenvalue weighted by atomic mass is 35.5. The Labute approximate surface area is 232 Å². The summed E-state index contributed by atoms with van der Waals surface area (Å²) in [6.45, 7) is 13.1. The lowest BCUT2D eigenvalue weighted by molar-refractivity contribution is -0.127. The zero-order valence-corrected chi connectivity index (χ0v) is 24.5. The number of benzene rings is 2. The third-order valence-electron chi connectivity index (χ3n) is 7.02. The van der Waals surface area contributed by atoms with Gasteiger partial charge in [0.05, 0.1) is 29.0 Å². The van der Waals surface area contributed by atoms with E-state index in [9.17, 15) is 9.59 Å². The number of carbonyl (C=O) groups is 1. The van der Waals surface area contributed by atoms with Crippen molar-refractivity contribution < 1.29 is 9.53 Å². The molecular formula is C30H34ClN3O3S. The number of aryl methyl sites for hydroxylation is 1. The highest BCUT2D eigenvalue weighted by Gasteiger charge is 2.34. The van der Waals surface area contributed by atoms with E-state index in [2.05, 4.69) is 19.9 Å². The number of methoxy groups -OCH3 is 1. The summed E-state index contributed by atoms with van der Waals surface area (Å²) in [5, 5.41) is 0.592. The van der Waals surface area contributed by atoms with Crippen molar-refractivity contribution in [3.8, 4) is 5.75 Å². The number of carbonyl (C=O) groups excluding carboxylic acids is 1. The molecule has 0 spiro atoms. The predicted molar refractivity (Wildman–Crippen MR) is 155 cm³/mol. The number of amides is 1. The third-order valence-corrected chi connectivity index (χ3v) is 8.25. The molecule has 1 aliphatic rings. The minimum atomic E-state index is -0.595. The standard InChI is InChI=1S/C30H34ClN3O3S/c1-8-33(9-2)29(36)26-19(6)32-30-34(27(26)20-10-12-22(31)13-11-20)28(35)25(38-30)16-21-15-23(17(3)4)24(37-7)14-18(21)5/h10-17,27H,8-9H2,1-7H3/b25-16+/t27-/m0/s1. The highest BCUT2D eigenvalue weighted by molar-refractivity contribution is 7.07. The molecule has 0 radical (unpaired) electrons. The molecule has 1 atom stereocenters. The summed E-state index contributed by atoms with van der Waals surface area (Å²) >= 11 is 7.53. The fourth-order valence-electron chi connectivity index (χ4n) is 4.88. The Balaban J connectivity index is 1.96. The lowest BCUT2D eigenvalue weighted by Gasteiger charge is -2.29. The fraction of sp³-hybridized carbons (Fsp3) is 0.367. The van der Waals surface area contributed by atoms with Gasteiger partial charge in [-0.25, -0.2) is 4.99 Å². The zero-order valence-electron chi connectivity index (χ0n) is 23.0. The smallest absolute Gasteiger partial charge is 0.271 e. The van der Waals surface area contributed by atoms with Gasteiger partial charge in [-0.2, -0.15) is 0 Å². The van der Waals surface area contributed by atoms with Crippen LogP contribution in [-0.4, -0.2) is 35.6 Å². The van der Waals surface area contributed by atoms with E-state index >= 15 is 0 Å². The van der Waals surface area contributed by atoms with E-state index < -0.39 is 6.04 Å². The molecule has 2 aromatic carbocycles. The Bertz CT molecular complexity index is 1580. The van der Waals surface area contributed by atoms with Crippen LogP contribution in [0.4, 0.5) is 0 Å². The van der Waals surface area contributed by atoms with Gasteiger partial charge in [0, 0.05) is 18.1 Å². The highest BCUT2D eigenvalue weighted by Crippen LogP contribution is 2.32. The number of allylic oxidation sites excluding steroid dienone is 1. The fourth-order valence-corrected chi connectivity index (χ4v) is 6.04. The minimum absolute atomic E-state index is 0.113. The number of nitrogens with zero attached hydrogens (tertiary/aromatic N) is 3. The second kappa shape index (κ2) is 11.3. The van der Waals surface area contributed by atoms with E-state index in [4.69, 9.17) is 21.3 Å². The van der Waals surface area contributed by atoms with Crippen LogP contribution in [0.25, 0.3) is 6.08 Å². The summed E-state index contributed by atoms with van der Waals surface area (Å²) in [4.78, 5) is 34.8. The van der Waals surface area contributed by atoms with Crippen molar-refractivity contribution in [2.75, 3.05) is 20.2 Å². The maximum atomic E-state index is 14.0. The van der Waals surface area contributed by atoms with Gasteiger partial charge >= 0.3 is 0 Å². The van der Waals surface area contributed by atoms with Gasteiger partial charge in [-0.1, -0.05) is 48.9 Å². The normalized spacial score (nSPS) is 15.5. The molecule has 0 saturated carbocycles. The van der Waals surface area contributed by atoms with E-state index in [0.29, 0.717) is 38.7 Å². The number of hydrogen-bond acceptors (Lipinski definition) is 5. The van der Waals surface area contributed by atoms with Gasteiger partial charge in [0.1, 0.15) is 5.75 Å². The van der Waals surface area contributed by atoms with E-state index in [0.717, 1.165) is 28.0 Å². The maximum absolute atomic E-state index is 14.0. The summed E-state index contributed by atoms with van der Waals surface area (Å²) in [6, 6.07) is 10.8.